The van der Waals surface area contributed by atoms with Gasteiger partial charge in [0.05, 0.1) is 12.1 Å². The summed E-state index contributed by atoms with van der Waals surface area (Å²) in [6.45, 7) is 6.35. The molecule has 10 heteroatoms. The normalized spacial score (nSPS) is 19.2. The number of nitrogens with one attached hydrogen (secondary N) is 3. The van der Waals surface area contributed by atoms with Crippen LogP contribution < -0.4 is 15.4 Å². The van der Waals surface area contributed by atoms with Gasteiger partial charge in [-0.1, -0.05) is 57.2 Å². The van der Waals surface area contributed by atoms with Crippen molar-refractivity contribution in [1.82, 2.24) is 25.4 Å². The molecule has 0 unspecified atom stereocenters. The number of carbonyl (C=O) groups is 4. The number of amides is 4. The van der Waals surface area contributed by atoms with Crippen LogP contribution in [0.2, 0.25) is 0 Å². The van der Waals surface area contributed by atoms with E-state index in [0.29, 0.717) is 31.0 Å². The zero-order chi connectivity index (χ0) is 27.7. The van der Waals surface area contributed by atoms with Gasteiger partial charge in [0, 0.05) is 24.0 Å². The third-order valence-electron chi connectivity index (χ3n) is 7.34. The standard InChI is InChI=1S/C29H33N5O5/c1-29(2,3)25(32-26(36)23-13-18-9-7-8-12-22(18)31-23)27(37)34-17-19-14-20(34)16-33(19)24(35)15-30-28(38)39-21-10-5-4-6-11-21/h4-13,19-20,25,31H,14-17H2,1-3H3,(H,30,38)(H,32,36)/t19-,20-,25+/m0/s1. The number of piperazine rings is 1. The summed E-state index contributed by atoms with van der Waals surface area (Å²) in [6, 6.07) is 17.0. The van der Waals surface area contributed by atoms with Crippen LogP contribution in [0.5, 0.6) is 5.75 Å². The smallest absolute Gasteiger partial charge is 0.410 e. The average molecular weight is 532 g/mol. The molecular weight excluding hydrogens is 498 g/mol. The first-order chi connectivity index (χ1) is 18.6. The molecule has 5 rings (SSSR count). The van der Waals surface area contributed by atoms with Crippen molar-refractivity contribution in [3.05, 3.63) is 66.4 Å². The van der Waals surface area contributed by atoms with Crippen LogP contribution >= 0.6 is 0 Å². The highest BCUT2D eigenvalue weighted by Crippen LogP contribution is 2.33. The first-order valence-corrected chi connectivity index (χ1v) is 13.1. The second-order valence-corrected chi connectivity index (χ2v) is 11.2. The third kappa shape index (κ3) is 5.59. The molecule has 0 spiro atoms. The molecule has 204 valence electrons. The minimum absolute atomic E-state index is 0.136. The minimum Gasteiger partial charge on any atom is -0.410 e. The van der Waals surface area contributed by atoms with Crippen molar-refractivity contribution in [2.75, 3.05) is 19.6 Å². The van der Waals surface area contributed by atoms with Gasteiger partial charge in [-0.05, 0) is 36.1 Å². The van der Waals surface area contributed by atoms with Crippen LogP contribution in [0.1, 0.15) is 37.7 Å². The molecule has 2 fully saturated rings. The highest BCUT2D eigenvalue weighted by Gasteiger charge is 2.49. The zero-order valence-electron chi connectivity index (χ0n) is 22.3. The Morgan fingerprint density at radius 3 is 2.31 bits per heavy atom. The number of benzene rings is 2. The Labute approximate surface area is 226 Å². The summed E-state index contributed by atoms with van der Waals surface area (Å²) < 4.78 is 5.17. The van der Waals surface area contributed by atoms with Gasteiger partial charge in [0.15, 0.2) is 0 Å². The molecule has 2 aliphatic heterocycles. The molecule has 39 heavy (non-hydrogen) atoms. The number of H-pyrrole nitrogens is 1. The molecule has 3 aromatic rings. The quantitative estimate of drug-likeness (QED) is 0.451. The van der Waals surface area contributed by atoms with Gasteiger partial charge in [-0.15, -0.1) is 0 Å². The summed E-state index contributed by atoms with van der Waals surface area (Å²) in [5, 5.41) is 6.38. The van der Waals surface area contributed by atoms with Gasteiger partial charge in [-0.2, -0.15) is 0 Å². The predicted octanol–water partition coefficient (Wildman–Crippen LogP) is 2.91. The summed E-state index contributed by atoms with van der Waals surface area (Å²) in [7, 11) is 0. The third-order valence-corrected chi connectivity index (χ3v) is 7.34. The van der Waals surface area contributed by atoms with Gasteiger partial charge in [-0.3, -0.25) is 14.4 Å². The first kappa shape index (κ1) is 26.3. The number of hydrogen-bond donors (Lipinski definition) is 3. The topological polar surface area (TPSA) is 124 Å². The van der Waals surface area contributed by atoms with Gasteiger partial charge in [0.2, 0.25) is 11.8 Å². The van der Waals surface area contributed by atoms with E-state index in [0.717, 1.165) is 10.9 Å². The fourth-order valence-electron chi connectivity index (χ4n) is 5.34. The number of likely N-dealkylation sites (tertiary alicyclic amines) is 2. The summed E-state index contributed by atoms with van der Waals surface area (Å²) >= 11 is 0. The Kier molecular flexibility index (Phi) is 7.03. The van der Waals surface area contributed by atoms with Gasteiger partial charge >= 0.3 is 6.09 Å². The molecule has 2 aliphatic rings. The largest absolute Gasteiger partial charge is 0.413 e. The molecule has 2 saturated heterocycles. The lowest BCUT2D eigenvalue weighted by Gasteiger charge is -2.39. The van der Waals surface area contributed by atoms with E-state index in [-0.39, 0.29) is 36.3 Å². The Morgan fingerprint density at radius 2 is 1.64 bits per heavy atom. The molecule has 4 amide bonds. The first-order valence-electron chi connectivity index (χ1n) is 13.1. The second-order valence-electron chi connectivity index (χ2n) is 11.2. The van der Waals surface area contributed by atoms with E-state index in [1.54, 1.807) is 40.1 Å². The second kappa shape index (κ2) is 10.4. The van der Waals surface area contributed by atoms with Crippen LogP contribution in [-0.4, -0.2) is 76.4 Å². The van der Waals surface area contributed by atoms with Crippen LogP contribution in [0.4, 0.5) is 4.79 Å². The van der Waals surface area contributed by atoms with Crippen LogP contribution in [0.3, 0.4) is 0 Å². The van der Waals surface area contributed by atoms with Gasteiger partial charge < -0.3 is 30.2 Å². The van der Waals surface area contributed by atoms with Crippen LogP contribution in [-0.2, 0) is 9.59 Å². The zero-order valence-corrected chi connectivity index (χ0v) is 22.3. The van der Waals surface area contributed by atoms with Gasteiger partial charge in [0.25, 0.3) is 5.91 Å². The number of aromatic nitrogens is 1. The van der Waals surface area contributed by atoms with E-state index < -0.39 is 17.6 Å². The maximum Gasteiger partial charge on any atom is 0.413 e. The average Bonchev–Trinajstić information content (AvgIpc) is 3.64. The van der Waals surface area contributed by atoms with E-state index >= 15 is 0 Å². The molecule has 3 heterocycles. The molecular formula is C29H33N5O5. The number of rotatable bonds is 6. The van der Waals surface area contributed by atoms with E-state index in [1.165, 1.54) is 0 Å². The fraction of sp³-hybridized carbons (Fsp3) is 0.379. The molecule has 0 saturated carbocycles. The fourth-order valence-corrected chi connectivity index (χ4v) is 5.34. The lowest BCUT2D eigenvalue weighted by atomic mass is 9.85. The number of aromatic amines is 1. The lowest BCUT2D eigenvalue weighted by Crippen LogP contribution is -2.59. The SMILES string of the molecule is CC(C)(C)[C@H](NC(=O)c1cc2ccccc2[nH]1)C(=O)N1C[C@@H]2C[C@H]1CN2C(=O)CNC(=O)Oc1ccccc1. The number of ether oxygens (including phenoxy) is 1. The van der Waals surface area contributed by atoms with E-state index in [1.807, 2.05) is 51.1 Å². The Morgan fingerprint density at radius 1 is 0.974 bits per heavy atom. The summed E-state index contributed by atoms with van der Waals surface area (Å²) in [5.41, 5.74) is 0.723. The molecule has 3 N–H and O–H groups in total. The molecule has 2 aromatic carbocycles. The lowest BCUT2D eigenvalue weighted by molar-refractivity contribution is -0.142. The highest BCUT2D eigenvalue weighted by atomic mass is 16.6. The Balaban J connectivity index is 1.18. The van der Waals surface area contributed by atoms with Crippen molar-refractivity contribution in [2.45, 2.75) is 45.3 Å². The van der Waals surface area contributed by atoms with Gasteiger partial charge in [0.1, 0.15) is 24.0 Å². The summed E-state index contributed by atoms with van der Waals surface area (Å²) in [6.07, 6.45) is -0.0342. The number of carbonyl (C=O) groups excluding carboxylic acids is 4. The van der Waals surface area contributed by atoms with Crippen molar-refractivity contribution in [3.8, 4) is 5.75 Å². The van der Waals surface area contributed by atoms with E-state index in [9.17, 15) is 19.2 Å². The number of nitrogens with zero attached hydrogens (tertiary/aromatic N) is 2. The van der Waals surface area contributed by atoms with Crippen LogP contribution in [0.25, 0.3) is 10.9 Å². The number of hydrogen-bond acceptors (Lipinski definition) is 5. The van der Waals surface area contributed by atoms with E-state index in [4.69, 9.17) is 4.74 Å². The molecule has 1 aromatic heterocycles. The monoisotopic (exact) mass is 531 g/mol. The minimum atomic E-state index is -0.741. The van der Waals surface area contributed by atoms with E-state index in [2.05, 4.69) is 15.6 Å². The number of fused-ring (bicyclic) bond motifs is 3. The summed E-state index contributed by atoms with van der Waals surface area (Å²) in [5.74, 6) is -0.328. The maximum atomic E-state index is 13.7. The summed E-state index contributed by atoms with van der Waals surface area (Å²) in [4.78, 5) is 58.3. The predicted molar refractivity (Wildman–Crippen MR) is 145 cm³/mol. The van der Waals surface area contributed by atoms with Crippen molar-refractivity contribution < 1.29 is 23.9 Å². The molecule has 3 atom stereocenters. The molecule has 0 radical (unpaired) electrons. The molecule has 2 bridgehead atoms. The maximum absolute atomic E-state index is 13.7. The Bertz CT molecular complexity index is 1360. The van der Waals surface area contributed by atoms with Crippen molar-refractivity contribution in [3.63, 3.8) is 0 Å². The Hall–Kier alpha value is -4.34. The van der Waals surface area contributed by atoms with Crippen molar-refractivity contribution in [2.24, 2.45) is 5.41 Å². The van der Waals surface area contributed by atoms with Crippen molar-refractivity contribution in [1.29, 1.82) is 0 Å². The molecule has 0 aliphatic carbocycles. The number of para-hydroxylation sites is 2. The van der Waals surface area contributed by atoms with Crippen molar-refractivity contribution >= 4 is 34.7 Å². The van der Waals surface area contributed by atoms with Gasteiger partial charge in [-0.25, -0.2) is 4.79 Å². The molecule has 10 nitrogen and oxygen atoms in total. The highest BCUT2D eigenvalue weighted by molar-refractivity contribution is 6.00. The van der Waals surface area contributed by atoms with Crippen LogP contribution in [0, 0.1) is 5.41 Å². The van der Waals surface area contributed by atoms with Crippen LogP contribution in [0.15, 0.2) is 60.7 Å².